The van der Waals surface area contributed by atoms with Gasteiger partial charge in [0.15, 0.2) is 0 Å². The molecule has 0 radical (unpaired) electrons. The van der Waals surface area contributed by atoms with Crippen LogP contribution in [0.3, 0.4) is 0 Å². The summed E-state index contributed by atoms with van der Waals surface area (Å²) in [6.07, 6.45) is 7.22. The highest BCUT2D eigenvalue weighted by Gasteiger charge is 2.06. The minimum Gasteiger partial charge on any atom is -0.487 e. The number of hydrogen-bond donors (Lipinski definition) is 1. The predicted molar refractivity (Wildman–Crippen MR) is 104 cm³/mol. The molecular formula is C21H19N5O. The third kappa shape index (κ3) is 4.12. The van der Waals surface area contributed by atoms with Crippen molar-refractivity contribution in [1.29, 1.82) is 0 Å². The van der Waals surface area contributed by atoms with Gasteiger partial charge in [0.05, 0.1) is 18.4 Å². The van der Waals surface area contributed by atoms with E-state index in [-0.39, 0.29) is 0 Å². The van der Waals surface area contributed by atoms with Crippen LogP contribution in [0.1, 0.15) is 11.3 Å². The highest BCUT2D eigenvalue weighted by atomic mass is 16.5. The van der Waals surface area contributed by atoms with Gasteiger partial charge in [0.1, 0.15) is 18.2 Å². The van der Waals surface area contributed by atoms with Crippen molar-refractivity contribution < 1.29 is 4.74 Å². The largest absolute Gasteiger partial charge is 0.487 e. The summed E-state index contributed by atoms with van der Waals surface area (Å²) in [5.41, 5.74) is 9.82. The minimum atomic E-state index is 0.454. The van der Waals surface area contributed by atoms with Crippen molar-refractivity contribution in [3.8, 4) is 16.9 Å². The molecule has 1 aromatic carbocycles. The molecule has 0 saturated heterocycles. The van der Waals surface area contributed by atoms with Crippen LogP contribution in [0.25, 0.3) is 11.1 Å². The zero-order valence-corrected chi connectivity index (χ0v) is 14.7. The molecule has 0 bridgehead atoms. The molecule has 3 aromatic heterocycles. The lowest BCUT2D eigenvalue weighted by molar-refractivity contribution is 0.301. The molecule has 0 saturated carbocycles. The standard InChI is InChI=1S/C21H19N5O/c22-21-20(5-3-11-24-21)17-12-25-26(14-17)13-16-6-8-19(9-7-16)27-15-18-4-1-2-10-23-18/h1-12,14H,13,15H2,(H2,22,24). The molecule has 6 heteroatoms. The molecule has 0 amide bonds. The summed E-state index contributed by atoms with van der Waals surface area (Å²) < 4.78 is 7.65. The lowest BCUT2D eigenvalue weighted by atomic mass is 10.1. The van der Waals surface area contributed by atoms with E-state index in [0.717, 1.165) is 28.1 Å². The van der Waals surface area contributed by atoms with Crippen LogP contribution in [-0.2, 0) is 13.2 Å². The van der Waals surface area contributed by atoms with Crippen molar-refractivity contribution >= 4 is 5.82 Å². The molecule has 0 atom stereocenters. The molecule has 0 spiro atoms. The smallest absolute Gasteiger partial charge is 0.131 e. The van der Waals surface area contributed by atoms with Gasteiger partial charge < -0.3 is 10.5 Å². The van der Waals surface area contributed by atoms with Gasteiger partial charge in [0.2, 0.25) is 0 Å². The van der Waals surface area contributed by atoms with Gasteiger partial charge in [0.25, 0.3) is 0 Å². The summed E-state index contributed by atoms with van der Waals surface area (Å²) in [6.45, 7) is 1.12. The fourth-order valence-electron chi connectivity index (χ4n) is 2.77. The first kappa shape index (κ1) is 16.8. The first-order valence-corrected chi connectivity index (χ1v) is 8.63. The van der Waals surface area contributed by atoms with Crippen molar-refractivity contribution in [2.45, 2.75) is 13.2 Å². The van der Waals surface area contributed by atoms with E-state index < -0.39 is 0 Å². The number of ether oxygens (including phenoxy) is 1. The van der Waals surface area contributed by atoms with E-state index in [2.05, 4.69) is 15.1 Å². The summed E-state index contributed by atoms with van der Waals surface area (Å²) in [4.78, 5) is 8.37. The number of nitrogen functional groups attached to an aromatic ring is 1. The van der Waals surface area contributed by atoms with Gasteiger partial charge in [-0.05, 0) is 42.0 Å². The normalized spacial score (nSPS) is 10.7. The van der Waals surface area contributed by atoms with Crippen LogP contribution in [-0.4, -0.2) is 19.7 Å². The van der Waals surface area contributed by atoms with E-state index >= 15 is 0 Å². The number of pyridine rings is 2. The second kappa shape index (κ2) is 7.70. The van der Waals surface area contributed by atoms with Gasteiger partial charge in [-0.3, -0.25) is 9.67 Å². The van der Waals surface area contributed by atoms with Crippen LogP contribution in [0.2, 0.25) is 0 Å². The predicted octanol–water partition coefficient (Wildman–Crippen LogP) is 3.55. The Bertz CT molecular complexity index is 1010. The van der Waals surface area contributed by atoms with Gasteiger partial charge in [-0.25, -0.2) is 4.98 Å². The first-order chi connectivity index (χ1) is 13.3. The number of rotatable bonds is 6. The number of nitrogens with two attached hydrogens (primary N) is 1. The fraction of sp³-hybridized carbons (Fsp3) is 0.0952. The topological polar surface area (TPSA) is 78.8 Å². The summed E-state index contributed by atoms with van der Waals surface area (Å²) in [6, 6.07) is 17.6. The van der Waals surface area contributed by atoms with Crippen molar-refractivity contribution in [3.63, 3.8) is 0 Å². The van der Waals surface area contributed by atoms with Crippen LogP contribution in [0.5, 0.6) is 5.75 Å². The van der Waals surface area contributed by atoms with E-state index in [9.17, 15) is 0 Å². The average Bonchev–Trinajstić information content (AvgIpc) is 3.17. The Morgan fingerprint density at radius 1 is 0.926 bits per heavy atom. The van der Waals surface area contributed by atoms with Gasteiger partial charge >= 0.3 is 0 Å². The van der Waals surface area contributed by atoms with Crippen molar-refractivity contribution in [2.75, 3.05) is 5.73 Å². The van der Waals surface area contributed by atoms with Gasteiger partial charge in [-0.2, -0.15) is 5.10 Å². The Kier molecular flexibility index (Phi) is 4.78. The van der Waals surface area contributed by atoms with Crippen molar-refractivity contribution in [1.82, 2.24) is 19.7 Å². The maximum Gasteiger partial charge on any atom is 0.131 e. The Balaban J connectivity index is 1.39. The van der Waals surface area contributed by atoms with E-state index in [0.29, 0.717) is 19.0 Å². The van der Waals surface area contributed by atoms with Crippen molar-refractivity contribution in [3.05, 3.63) is 90.6 Å². The van der Waals surface area contributed by atoms with Crippen molar-refractivity contribution in [2.24, 2.45) is 0 Å². The Morgan fingerprint density at radius 2 is 1.78 bits per heavy atom. The number of aromatic nitrogens is 4. The zero-order valence-electron chi connectivity index (χ0n) is 14.7. The van der Waals surface area contributed by atoms with Crippen LogP contribution < -0.4 is 10.5 Å². The maximum absolute atomic E-state index is 5.94. The molecular weight excluding hydrogens is 338 g/mol. The van der Waals surface area contributed by atoms with E-state index in [4.69, 9.17) is 10.5 Å². The molecule has 3 heterocycles. The second-order valence-electron chi connectivity index (χ2n) is 6.12. The van der Waals surface area contributed by atoms with E-state index in [1.54, 1.807) is 18.6 Å². The highest BCUT2D eigenvalue weighted by Crippen LogP contribution is 2.23. The molecule has 4 rings (SSSR count). The van der Waals surface area contributed by atoms with E-state index in [1.807, 2.05) is 65.5 Å². The van der Waals surface area contributed by atoms with Crippen LogP contribution in [0.4, 0.5) is 5.82 Å². The Labute approximate surface area is 157 Å². The summed E-state index contributed by atoms with van der Waals surface area (Å²) >= 11 is 0. The van der Waals surface area contributed by atoms with Gasteiger partial charge in [-0.1, -0.05) is 18.2 Å². The second-order valence-corrected chi connectivity index (χ2v) is 6.12. The molecule has 0 fully saturated rings. The van der Waals surface area contributed by atoms with E-state index in [1.165, 1.54) is 0 Å². The molecule has 134 valence electrons. The Morgan fingerprint density at radius 3 is 2.56 bits per heavy atom. The van der Waals surface area contributed by atoms with Crippen LogP contribution in [0.15, 0.2) is 79.4 Å². The molecule has 2 N–H and O–H groups in total. The lowest BCUT2D eigenvalue weighted by Crippen LogP contribution is -2.00. The summed E-state index contributed by atoms with van der Waals surface area (Å²) in [5, 5.41) is 4.42. The van der Waals surface area contributed by atoms with Gasteiger partial charge in [0, 0.05) is 29.7 Å². The molecule has 4 aromatic rings. The SMILES string of the molecule is Nc1ncccc1-c1cnn(Cc2ccc(OCc3ccccn3)cc2)c1. The molecule has 0 aliphatic carbocycles. The fourth-order valence-corrected chi connectivity index (χ4v) is 2.77. The maximum atomic E-state index is 5.94. The molecule has 0 aliphatic rings. The molecule has 6 nitrogen and oxygen atoms in total. The average molecular weight is 357 g/mol. The quantitative estimate of drug-likeness (QED) is 0.571. The zero-order chi connectivity index (χ0) is 18.5. The Hall–Kier alpha value is -3.67. The molecule has 0 aliphatic heterocycles. The van der Waals surface area contributed by atoms with Crippen LogP contribution >= 0.6 is 0 Å². The minimum absolute atomic E-state index is 0.454. The molecule has 0 unspecified atom stereocenters. The summed E-state index contributed by atoms with van der Waals surface area (Å²) in [7, 11) is 0. The third-order valence-electron chi connectivity index (χ3n) is 4.16. The number of nitrogens with zero attached hydrogens (tertiary/aromatic N) is 4. The van der Waals surface area contributed by atoms with Crippen LogP contribution in [0, 0.1) is 0 Å². The highest BCUT2D eigenvalue weighted by molar-refractivity contribution is 5.72. The first-order valence-electron chi connectivity index (χ1n) is 8.63. The third-order valence-corrected chi connectivity index (χ3v) is 4.16. The number of hydrogen-bond acceptors (Lipinski definition) is 5. The lowest BCUT2D eigenvalue weighted by Gasteiger charge is -2.07. The monoisotopic (exact) mass is 357 g/mol. The number of anilines is 1. The molecule has 27 heavy (non-hydrogen) atoms. The van der Waals surface area contributed by atoms with Gasteiger partial charge in [-0.15, -0.1) is 0 Å². The summed E-state index contributed by atoms with van der Waals surface area (Å²) in [5.74, 6) is 1.32. The number of benzene rings is 1.